The van der Waals surface area contributed by atoms with Crippen molar-refractivity contribution >= 4 is 23.2 Å². The van der Waals surface area contributed by atoms with Gasteiger partial charge in [-0.2, -0.15) is 0 Å². The van der Waals surface area contributed by atoms with Crippen molar-refractivity contribution in [2.45, 2.75) is 13.8 Å². The summed E-state index contributed by atoms with van der Waals surface area (Å²) in [7, 11) is 0. The molecule has 2 rings (SSSR count). The van der Waals surface area contributed by atoms with E-state index in [-0.39, 0.29) is 11.4 Å². The fourth-order valence-electron chi connectivity index (χ4n) is 2.24. The molecule has 2 amide bonds. The Hall–Kier alpha value is -2.76. The van der Waals surface area contributed by atoms with Gasteiger partial charge in [0.2, 0.25) is 0 Å². The Morgan fingerprint density at radius 3 is 1.64 bits per heavy atom. The number of anilines is 2. The number of amides is 2. The SMILES string of the molecule is Cc1cccc(F)c1N(C(=O)C(N)=O)c1c(C)cccc1F. The van der Waals surface area contributed by atoms with Crippen LogP contribution in [-0.4, -0.2) is 11.8 Å². The van der Waals surface area contributed by atoms with Gasteiger partial charge in [-0.3, -0.25) is 14.5 Å². The molecule has 22 heavy (non-hydrogen) atoms. The molecule has 0 unspecified atom stereocenters. The first-order valence-electron chi connectivity index (χ1n) is 6.48. The molecule has 0 aliphatic heterocycles. The number of carbonyl (C=O) groups excluding carboxylic acids is 2. The van der Waals surface area contributed by atoms with Gasteiger partial charge in [-0.25, -0.2) is 8.78 Å². The second-order valence-corrected chi connectivity index (χ2v) is 4.82. The second kappa shape index (κ2) is 5.93. The summed E-state index contributed by atoms with van der Waals surface area (Å²) in [6.07, 6.45) is 0. The van der Waals surface area contributed by atoms with E-state index in [0.717, 1.165) is 12.1 Å². The number of hydrogen-bond acceptors (Lipinski definition) is 2. The highest BCUT2D eigenvalue weighted by Gasteiger charge is 2.29. The van der Waals surface area contributed by atoms with Crippen LogP contribution in [0, 0.1) is 25.5 Å². The lowest BCUT2D eigenvalue weighted by atomic mass is 10.1. The van der Waals surface area contributed by atoms with Crippen molar-refractivity contribution in [3.8, 4) is 0 Å². The van der Waals surface area contributed by atoms with Gasteiger partial charge in [-0.15, -0.1) is 0 Å². The Morgan fingerprint density at radius 1 is 0.909 bits per heavy atom. The highest BCUT2D eigenvalue weighted by molar-refractivity contribution is 6.41. The van der Waals surface area contributed by atoms with Crippen LogP contribution in [0.5, 0.6) is 0 Å². The first-order chi connectivity index (χ1) is 10.3. The van der Waals surface area contributed by atoms with Gasteiger partial charge in [0.25, 0.3) is 0 Å². The molecule has 0 aliphatic rings. The number of primary amides is 1. The summed E-state index contributed by atoms with van der Waals surface area (Å²) >= 11 is 0. The minimum atomic E-state index is -1.30. The van der Waals surface area contributed by atoms with Gasteiger partial charge in [0.05, 0.1) is 11.4 Å². The normalized spacial score (nSPS) is 10.4. The fraction of sp³-hybridized carbons (Fsp3) is 0.125. The van der Waals surface area contributed by atoms with Crippen LogP contribution >= 0.6 is 0 Å². The molecule has 114 valence electrons. The summed E-state index contributed by atoms with van der Waals surface area (Å²) in [4.78, 5) is 24.2. The maximum Gasteiger partial charge on any atom is 0.320 e. The summed E-state index contributed by atoms with van der Waals surface area (Å²) in [6, 6.07) is 8.26. The molecule has 2 N–H and O–H groups in total. The van der Waals surface area contributed by atoms with Crippen LogP contribution in [0.4, 0.5) is 20.2 Å². The van der Waals surface area contributed by atoms with E-state index in [1.165, 1.54) is 12.1 Å². The first kappa shape index (κ1) is 15.6. The molecule has 0 saturated carbocycles. The van der Waals surface area contributed by atoms with E-state index >= 15 is 0 Å². The number of halogens is 2. The molecule has 0 aromatic heterocycles. The van der Waals surface area contributed by atoms with Gasteiger partial charge >= 0.3 is 11.8 Å². The van der Waals surface area contributed by atoms with Gasteiger partial charge < -0.3 is 5.73 Å². The molecule has 0 bridgehead atoms. The van der Waals surface area contributed by atoms with E-state index in [1.807, 2.05) is 0 Å². The Balaban J connectivity index is 2.79. The number of carbonyl (C=O) groups is 2. The number of benzene rings is 2. The van der Waals surface area contributed by atoms with Crippen LogP contribution in [0.25, 0.3) is 0 Å². The number of rotatable bonds is 2. The lowest BCUT2D eigenvalue weighted by molar-refractivity contribution is -0.135. The first-order valence-corrected chi connectivity index (χ1v) is 6.48. The topological polar surface area (TPSA) is 63.4 Å². The molecule has 0 radical (unpaired) electrons. The summed E-state index contributed by atoms with van der Waals surface area (Å²) in [5.74, 6) is -4.01. The summed E-state index contributed by atoms with van der Waals surface area (Å²) in [5.41, 5.74) is 5.39. The highest BCUT2D eigenvalue weighted by Crippen LogP contribution is 2.34. The monoisotopic (exact) mass is 304 g/mol. The van der Waals surface area contributed by atoms with Crippen molar-refractivity contribution in [3.05, 3.63) is 59.2 Å². The fourth-order valence-corrected chi connectivity index (χ4v) is 2.24. The minimum Gasteiger partial charge on any atom is -0.361 e. The van der Waals surface area contributed by atoms with E-state index in [4.69, 9.17) is 5.73 Å². The van der Waals surface area contributed by atoms with Crippen LogP contribution in [0.2, 0.25) is 0 Å². The smallest absolute Gasteiger partial charge is 0.320 e. The molecule has 0 aliphatic carbocycles. The standard InChI is InChI=1S/C16H14F2N2O2/c1-9-5-3-7-11(17)13(9)20(16(22)15(19)21)14-10(2)6-4-8-12(14)18/h3-8H,1-2H3,(H2,19,21). The van der Waals surface area contributed by atoms with Crippen LogP contribution < -0.4 is 10.6 Å². The number of aryl methyl sites for hydroxylation is 2. The molecule has 0 spiro atoms. The number of nitrogens with zero attached hydrogens (tertiary/aromatic N) is 1. The van der Waals surface area contributed by atoms with Crippen molar-refractivity contribution in [3.63, 3.8) is 0 Å². The lowest BCUT2D eigenvalue weighted by Gasteiger charge is -2.25. The van der Waals surface area contributed by atoms with E-state index in [2.05, 4.69) is 0 Å². The molecule has 2 aromatic rings. The van der Waals surface area contributed by atoms with Crippen LogP contribution in [0.15, 0.2) is 36.4 Å². The van der Waals surface area contributed by atoms with E-state index in [0.29, 0.717) is 16.0 Å². The quantitative estimate of drug-likeness (QED) is 0.867. The van der Waals surface area contributed by atoms with Crippen molar-refractivity contribution in [1.29, 1.82) is 0 Å². The van der Waals surface area contributed by atoms with E-state index in [9.17, 15) is 18.4 Å². The van der Waals surface area contributed by atoms with E-state index in [1.54, 1.807) is 26.0 Å². The summed E-state index contributed by atoms with van der Waals surface area (Å²) in [6.45, 7) is 3.10. The van der Waals surface area contributed by atoms with Crippen LogP contribution in [0.1, 0.15) is 11.1 Å². The zero-order valence-electron chi connectivity index (χ0n) is 12.1. The Bertz CT molecular complexity index is 668. The molecule has 2 aromatic carbocycles. The highest BCUT2D eigenvalue weighted by atomic mass is 19.1. The zero-order chi connectivity index (χ0) is 16.4. The van der Waals surface area contributed by atoms with Gasteiger partial charge in [0.15, 0.2) is 0 Å². The van der Waals surface area contributed by atoms with Crippen molar-refractivity contribution in [2.24, 2.45) is 5.73 Å². The molecule has 4 nitrogen and oxygen atoms in total. The third kappa shape index (κ3) is 2.67. The maximum absolute atomic E-state index is 14.2. The largest absolute Gasteiger partial charge is 0.361 e. The molecule has 0 fully saturated rings. The number of para-hydroxylation sites is 2. The summed E-state index contributed by atoms with van der Waals surface area (Å²) < 4.78 is 28.4. The average Bonchev–Trinajstić information content (AvgIpc) is 2.44. The van der Waals surface area contributed by atoms with Crippen LogP contribution in [0.3, 0.4) is 0 Å². The maximum atomic E-state index is 14.2. The van der Waals surface area contributed by atoms with Crippen molar-refractivity contribution < 1.29 is 18.4 Å². The number of hydrogen-bond donors (Lipinski definition) is 1. The van der Waals surface area contributed by atoms with Gasteiger partial charge in [-0.1, -0.05) is 24.3 Å². The molecular formula is C16H14F2N2O2. The Kier molecular flexibility index (Phi) is 4.21. The third-order valence-electron chi connectivity index (χ3n) is 3.24. The van der Waals surface area contributed by atoms with Gasteiger partial charge in [0, 0.05) is 0 Å². The Labute approximate surface area is 126 Å². The predicted octanol–water partition coefficient (Wildman–Crippen LogP) is 2.73. The lowest BCUT2D eigenvalue weighted by Crippen LogP contribution is -2.39. The molecule has 6 heteroatoms. The average molecular weight is 304 g/mol. The third-order valence-corrected chi connectivity index (χ3v) is 3.24. The predicted molar refractivity (Wildman–Crippen MR) is 78.6 cm³/mol. The Morgan fingerprint density at radius 2 is 1.32 bits per heavy atom. The zero-order valence-corrected chi connectivity index (χ0v) is 12.1. The molecular weight excluding hydrogens is 290 g/mol. The van der Waals surface area contributed by atoms with Crippen molar-refractivity contribution in [2.75, 3.05) is 4.90 Å². The van der Waals surface area contributed by atoms with Gasteiger partial charge in [-0.05, 0) is 37.1 Å². The van der Waals surface area contributed by atoms with Gasteiger partial charge in [0.1, 0.15) is 11.6 Å². The van der Waals surface area contributed by atoms with Crippen molar-refractivity contribution in [1.82, 2.24) is 0 Å². The molecule has 0 heterocycles. The second-order valence-electron chi connectivity index (χ2n) is 4.82. The summed E-state index contributed by atoms with van der Waals surface area (Å²) in [5, 5.41) is 0. The molecule has 0 saturated heterocycles. The number of nitrogens with two attached hydrogens (primary N) is 1. The minimum absolute atomic E-state index is 0.195. The van der Waals surface area contributed by atoms with E-state index < -0.39 is 23.4 Å². The molecule has 0 atom stereocenters. The van der Waals surface area contributed by atoms with Crippen LogP contribution in [-0.2, 0) is 9.59 Å².